The topological polar surface area (TPSA) is 73.8 Å². The van der Waals surface area contributed by atoms with E-state index in [1.165, 1.54) is 6.33 Å². The molecule has 0 atom stereocenters. The Morgan fingerprint density at radius 3 is 2.88 bits per heavy atom. The standard InChI is InChI=1S/C11H11BrN4O/c12-9-5-8(11(17)3-4-13)1-2-10(9)16-7-14-6-15-16/h1-2,5-7H,3-4,13H2. The number of Topliss-reactive ketones (excluding diaryl/α,β-unsaturated/α-hetero) is 1. The summed E-state index contributed by atoms with van der Waals surface area (Å²) in [7, 11) is 0. The molecule has 0 fully saturated rings. The van der Waals surface area contributed by atoms with Crippen molar-refractivity contribution >= 4 is 21.7 Å². The first kappa shape index (κ1) is 11.9. The van der Waals surface area contributed by atoms with Crippen molar-refractivity contribution in [2.75, 3.05) is 6.54 Å². The molecule has 1 aromatic heterocycles. The van der Waals surface area contributed by atoms with Gasteiger partial charge in [-0.25, -0.2) is 9.67 Å². The van der Waals surface area contributed by atoms with E-state index < -0.39 is 0 Å². The minimum absolute atomic E-state index is 0.0401. The van der Waals surface area contributed by atoms with E-state index in [2.05, 4.69) is 26.0 Å². The van der Waals surface area contributed by atoms with Crippen LogP contribution in [0.5, 0.6) is 0 Å². The van der Waals surface area contributed by atoms with Gasteiger partial charge in [-0.2, -0.15) is 5.10 Å². The SMILES string of the molecule is NCCC(=O)c1ccc(-n2cncn2)c(Br)c1. The molecule has 0 spiro atoms. The third-order valence-corrected chi connectivity index (χ3v) is 2.94. The van der Waals surface area contributed by atoms with Gasteiger partial charge in [0.05, 0.1) is 5.69 Å². The number of halogens is 1. The zero-order valence-corrected chi connectivity index (χ0v) is 10.6. The molecule has 0 bridgehead atoms. The summed E-state index contributed by atoms with van der Waals surface area (Å²) in [5.74, 6) is 0.0401. The van der Waals surface area contributed by atoms with E-state index in [1.54, 1.807) is 23.1 Å². The zero-order valence-electron chi connectivity index (χ0n) is 9.01. The Labute approximate surface area is 107 Å². The highest BCUT2D eigenvalue weighted by Gasteiger charge is 2.09. The van der Waals surface area contributed by atoms with Crippen molar-refractivity contribution in [1.82, 2.24) is 14.8 Å². The third-order valence-electron chi connectivity index (χ3n) is 2.31. The first-order valence-corrected chi connectivity index (χ1v) is 5.89. The molecule has 2 rings (SSSR count). The normalized spacial score (nSPS) is 10.5. The van der Waals surface area contributed by atoms with Crippen molar-refractivity contribution in [3.05, 3.63) is 40.9 Å². The van der Waals surface area contributed by atoms with Crippen LogP contribution in [0.4, 0.5) is 0 Å². The number of rotatable bonds is 4. The predicted octanol–water partition coefficient (Wildman–Crippen LogP) is 1.56. The molecule has 0 amide bonds. The molecule has 0 saturated carbocycles. The van der Waals surface area contributed by atoms with Gasteiger partial charge in [-0.3, -0.25) is 4.79 Å². The number of benzene rings is 1. The molecule has 0 unspecified atom stereocenters. The fourth-order valence-electron chi connectivity index (χ4n) is 1.47. The predicted molar refractivity (Wildman–Crippen MR) is 67.1 cm³/mol. The Hall–Kier alpha value is -1.53. The molecular weight excluding hydrogens is 284 g/mol. The second-order valence-electron chi connectivity index (χ2n) is 3.47. The molecule has 0 aliphatic rings. The number of nitrogens with two attached hydrogens (primary N) is 1. The van der Waals surface area contributed by atoms with E-state index in [0.717, 1.165) is 10.2 Å². The quantitative estimate of drug-likeness (QED) is 0.869. The number of hydrogen-bond acceptors (Lipinski definition) is 4. The Morgan fingerprint density at radius 2 is 2.29 bits per heavy atom. The Balaban J connectivity index is 2.32. The monoisotopic (exact) mass is 294 g/mol. The zero-order chi connectivity index (χ0) is 12.3. The lowest BCUT2D eigenvalue weighted by Gasteiger charge is -2.06. The molecule has 5 nitrogen and oxygen atoms in total. The number of carbonyl (C=O) groups excluding carboxylic acids is 1. The molecule has 1 heterocycles. The average molecular weight is 295 g/mol. The van der Waals surface area contributed by atoms with Gasteiger partial charge in [-0.15, -0.1) is 0 Å². The van der Waals surface area contributed by atoms with Gasteiger partial charge >= 0.3 is 0 Å². The van der Waals surface area contributed by atoms with Crippen LogP contribution in [0.1, 0.15) is 16.8 Å². The minimum Gasteiger partial charge on any atom is -0.330 e. The number of carbonyl (C=O) groups is 1. The van der Waals surface area contributed by atoms with Gasteiger partial charge in [-0.1, -0.05) is 0 Å². The van der Waals surface area contributed by atoms with Crippen molar-refractivity contribution in [3.8, 4) is 5.69 Å². The maximum absolute atomic E-state index is 11.7. The summed E-state index contributed by atoms with van der Waals surface area (Å²) in [6.45, 7) is 0.362. The van der Waals surface area contributed by atoms with Crippen molar-refractivity contribution in [2.24, 2.45) is 5.73 Å². The highest BCUT2D eigenvalue weighted by molar-refractivity contribution is 9.10. The number of aromatic nitrogens is 3. The van der Waals surface area contributed by atoms with Crippen LogP contribution in [0, 0.1) is 0 Å². The molecule has 0 saturated heterocycles. The highest BCUT2D eigenvalue weighted by Crippen LogP contribution is 2.22. The first-order valence-electron chi connectivity index (χ1n) is 5.10. The summed E-state index contributed by atoms with van der Waals surface area (Å²) in [5.41, 5.74) is 6.84. The molecule has 0 aliphatic carbocycles. The summed E-state index contributed by atoms with van der Waals surface area (Å²) in [5, 5.41) is 4.03. The van der Waals surface area contributed by atoms with E-state index >= 15 is 0 Å². The molecule has 2 N–H and O–H groups in total. The van der Waals surface area contributed by atoms with E-state index in [-0.39, 0.29) is 5.78 Å². The smallest absolute Gasteiger partial charge is 0.164 e. The van der Waals surface area contributed by atoms with Gasteiger partial charge in [0.2, 0.25) is 0 Å². The summed E-state index contributed by atoms with van der Waals surface area (Å²) in [6, 6.07) is 5.36. The Kier molecular flexibility index (Phi) is 3.65. The summed E-state index contributed by atoms with van der Waals surface area (Å²) in [4.78, 5) is 15.5. The van der Waals surface area contributed by atoms with E-state index in [0.29, 0.717) is 18.5 Å². The number of ketones is 1. The Bertz CT molecular complexity index is 524. The second-order valence-corrected chi connectivity index (χ2v) is 4.32. The van der Waals surface area contributed by atoms with Crippen molar-refractivity contribution in [2.45, 2.75) is 6.42 Å². The van der Waals surface area contributed by atoms with Crippen LogP contribution in [0.3, 0.4) is 0 Å². The lowest BCUT2D eigenvalue weighted by molar-refractivity contribution is 0.0985. The summed E-state index contributed by atoms with van der Waals surface area (Å²) < 4.78 is 2.42. The lowest BCUT2D eigenvalue weighted by Crippen LogP contribution is -2.08. The van der Waals surface area contributed by atoms with E-state index in [9.17, 15) is 4.79 Å². The fraction of sp³-hybridized carbons (Fsp3) is 0.182. The van der Waals surface area contributed by atoms with Crippen molar-refractivity contribution < 1.29 is 4.79 Å². The van der Waals surface area contributed by atoms with E-state index in [1.807, 2.05) is 6.07 Å². The van der Waals surface area contributed by atoms with Gasteiger partial charge in [-0.05, 0) is 40.7 Å². The van der Waals surface area contributed by atoms with E-state index in [4.69, 9.17) is 5.73 Å². The fourth-order valence-corrected chi connectivity index (χ4v) is 2.03. The maximum atomic E-state index is 11.7. The van der Waals surface area contributed by atoms with Crippen LogP contribution >= 0.6 is 15.9 Å². The molecule has 0 radical (unpaired) electrons. The first-order chi connectivity index (χ1) is 8.22. The third kappa shape index (κ3) is 2.59. The summed E-state index contributed by atoms with van der Waals surface area (Å²) >= 11 is 3.42. The van der Waals surface area contributed by atoms with Gasteiger partial charge in [0.15, 0.2) is 5.78 Å². The second kappa shape index (κ2) is 5.20. The lowest BCUT2D eigenvalue weighted by atomic mass is 10.1. The molecular formula is C11H11BrN4O. The van der Waals surface area contributed by atoms with Crippen LogP contribution in [-0.2, 0) is 0 Å². The molecule has 6 heteroatoms. The minimum atomic E-state index is 0.0401. The van der Waals surface area contributed by atoms with Crippen molar-refractivity contribution in [1.29, 1.82) is 0 Å². The van der Waals surface area contributed by atoms with Gasteiger partial charge in [0.25, 0.3) is 0 Å². The van der Waals surface area contributed by atoms with Crippen LogP contribution in [0.15, 0.2) is 35.3 Å². The average Bonchev–Trinajstić information content (AvgIpc) is 2.82. The summed E-state index contributed by atoms with van der Waals surface area (Å²) in [6.07, 6.45) is 3.41. The molecule has 88 valence electrons. The molecule has 0 aliphatic heterocycles. The molecule has 1 aromatic carbocycles. The largest absolute Gasteiger partial charge is 0.330 e. The van der Waals surface area contributed by atoms with Crippen LogP contribution in [0.2, 0.25) is 0 Å². The number of hydrogen-bond donors (Lipinski definition) is 1. The highest BCUT2D eigenvalue weighted by atomic mass is 79.9. The Morgan fingerprint density at radius 1 is 1.47 bits per heavy atom. The van der Waals surface area contributed by atoms with Crippen molar-refractivity contribution in [3.63, 3.8) is 0 Å². The van der Waals surface area contributed by atoms with Crippen LogP contribution in [0.25, 0.3) is 5.69 Å². The van der Waals surface area contributed by atoms with Gasteiger partial charge in [0, 0.05) is 16.5 Å². The van der Waals surface area contributed by atoms with Crippen LogP contribution < -0.4 is 5.73 Å². The van der Waals surface area contributed by atoms with Gasteiger partial charge < -0.3 is 5.73 Å². The molecule has 2 aromatic rings. The van der Waals surface area contributed by atoms with Crippen LogP contribution in [-0.4, -0.2) is 27.1 Å². The maximum Gasteiger partial charge on any atom is 0.164 e. The van der Waals surface area contributed by atoms with Gasteiger partial charge in [0.1, 0.15) is 12.7 Å². The molecule has 17 heavy (non-hydrogen) atoms. The number of nitrogens with zero attached hydrogens (tertiary/aromatic N) is 3.